The maximum Gasteiger partial charge on any atom is 0.362 e. The van der Waals surface area contributed by atoms with Gasteiger partial charge in [0.2, 0.25) is 0 Å². The predicted octanol–water partition coefficient (Wildman–Crippen LogP) is 7.34. The van der Waals surface area contributed by atoms with Crippen LogP contribution in [-0.2, 0) is 28.6 Å². The molecule has 0 spiro atoms. The summed E-state index contributed by atoms with van der Waals surface area (Å²) in [6.45, 7) is 4.42. The molecule has 0 aromatic rings. The van der Waals surface area contributed by atoms with Crippen LogP contribution in [0.5, 0.6) is 0 Å². The number of carbonyl (C=O) groups is 3. The van der Waals surface area contributed by atoms with Crippen LogP contribution in [-0.4, -0.2) is 80.6 Å². The van der Waals surface area contributed by atoms with E-state index in [-0.39, 0.29) is 49.1 Å². The SMILES string of the molecule is CC/C=C/C/C=C/C/C=C/CCCC(=O)OCC(COCCC(C(=O)O)[N+](C)(C)C)OC(=O)CC/C=C/CCCCCC. The Bertz CT molecular complexity index is 855. The van der Waals surface area contributed by atoms with Gasteiger partial charge in [0.05, 0.1) is 34.4 Å². The molecular weight excluding hydrogens is 546 g/mol. The number of likely N-dealkylation sites (N-methyl/N-ethyl adjacent to an activating group) is 1. The van der Waals surface area contributed by atoms with Crippen molar-refractivity contribution in [3.63, 3.8) is 0 Å². The van der Waals surface area contributed by atoms with Crippen molar-refractivity contribution in [2.24, 2.45) is 0 Å². The number of allylic oxidation sites excluding steroid dienone is 8. The van der Waals surface area contributed by atoms with Gasteiger partial charge in [-0.05, 0) is 51.4 Å². The number of aliphatic carboxylic acids is 1. The van der Waals surface area contributed by atoms with Crippen LogP contribution in [0.2, 0.25) is 0 Å². The van der Waals surface area contributed by atoms with Gasteiger partial charge in [0.25, 0.3) is 0 Å². The molecule has 0 fully saturated rings. The number of carboxylic acids is 1. The molecule has 0 saturated carbocycles. The first kappa shape index (κ1) is 40.3. The summed E-state index contributed by atoms with van der Waals surface area (Å²) in [4.78, 5) is 36.4. The Labute approximate surface area is 261 Å². The van der Waals surface area contributed by atoms with E-state index in [9.17, 15) is 19.5 Å². The molecule has 0 heterocycles. The minimum absolute atomic E-state index is 0.0280. The van der Waals surface area contributed by atoms with Crippen LogP contribution in [0.4, 0.5) is 0 Å². The first-order valence-electron chi connectivity index (χ1n) is 16.2. The quantitative estimate of drug-likeness (QED) is 0.0452. The maximum absolute atomic E-state index is 12.5. The molecule has 43 heavy (non-hydrogen) atoms. The Morgan fingerprint density at radius 2 is 1.35 bits per heavy atom. The average Bonchev–Trinajstić information content (AvgIpc) is 2.94. The van der Waals surface area contributed by atoms with Crippen LogP contribution < -0.4 is 0 Å². The van der Waals surface area contributed by atoms with E-state index in [4.69, 9.17) is 14.2 Å². The molecule has 0 aliphatic carbocycles. The Balaban J connectivity index is 4.63. The van der Waals surface area contributed by atoms with Crippen molar-refractivity contribution in [1.29, 1.82) is 0 Å². The fourth-order valence-electron chi connectivity index (χ4n) is 4.19. The molecule has 0 bridgehead atoms. The third-order valence-electron chi connectivity index (χ3n) is 6.73. The van der Waals surface area contributed by atoms with Gasteiger partial charge in [-0.1, -0.05) is 81.7 Å². The Morgan fingerprint density at radius 3 is 2.00 bits per heavy atom. The highest BCUT2D eigenvalue weighted by Gasteiger charge is 2.31. The highest BCUT2D eigenvalue weighted by Crippen LogP contribution is 2.10. The molecule has 0 amide bonds. The second-order valence-electron chi connectivity index (χ2n) is 11.7. The smallest absolute Gasteiger partial charge is 0.362 e. The number of nitrogens with zero attached hydrogens (tertiary/aromatic N) is 1. The van der Waals surface area contributed by atoms with Gasteiger partial charge in [-0.2, -0.15) is 0 Å². The monoisotopic (exact) mass is 606 g/mol. The lowest BCUT2D eigenvalue weighted by Gasteiger charge is -2.31. The van der Waals surface area contributed by atoms with E-state index >= 15 is 0 Å². The molecule has 0 aliphatic rings. The Hall–Kier alpha value is -2.71. The summed E-state index contributed by atoms with van der Waals surface area (Å²) in [6, 6.07) is -0.624. The van der Waals surface area contributed by atoms with E-state index in [1.54, 1.807) is 0 Å². The van der Waals surface area contributed by atoms with Crippen molar-refractivity contribution in [2.45, 2.75) is 116 Å². The summed E-state index contributed by atoms with van der Waals surface area (Å²) in [6.07, 6.45) is 27.7. The summed E-state index contributed by atoms with van der Waals surface area (Å²) in [5.74, 6) is -1.62. The zero-order valence-corrected chi connectivity index (χ0v) is 27.6. The first-order chi connectivity index (χ1) is 20.6. The number of carbonyl (C=O) groups excluding carboxylic acids is 2. The van der Waals surface area contributed by atoms with Gasteiger partial charge in [-0.3, -0.25) is 9.59 Å². The molecule has 0 aromatic carbocycles. The largest absolute Gasteiger partial charge is 0.477 e. The van der Waals surface area contributed by atoms with Crippen LogP contribution >= 0.6 is 0 Å². The predicted molar refractivity (Wildman–Crippen MR) is 174 cm³/mol. The second kappa shape index (κ2) is 26.9. The number of rotatable bonds is 27. The Kier molecular flexibility index (Phi) is 25.2. The van der Waals surface area contributed by atoms with Gasteiger partial charge in [0.15, 0.2) is 12.1 Å². The van der Waals surface area contributed by atoms with Crippen molar-refractivity contribution < 1.29 is 38.2 Å². The second-order valence-corrected chi connectivity index (χ2v) is 11.7. The number of hydrogen-bond acceptors (Lipinski definition) is 6. The number of carboxylic acid groups (broad SMARTS) is 1. The van der Waals surface area contributed by atoms with E-state index in [0.717, 1.165) is 38.5 Å². The molecule has 0 rings (SSSR count). The minimum Gasteiger partial charge on any atom is -0.477 e. The van der Waals surface area contributed by atoms with E-state index < -0.39 is 18.1 Å². The number of quaternary nitrogens is 1. The third-order valence-corrected chi connectivity index (χ3v) is 6.73. The van der Waals surface area contributed by atoms with E-state index in [0.29, 0.717) is 19.3 Å². The summed E-state index contributed by atoms with van der Waals surface area (Å²) in [5.41, 5.74) is 0. The molecular formula is C35H60NO7+. The molecule has 0 saturated heterocycles. The molecule has 0 radical (unpaired) electrons. The van der Waals surface area contributed by atoms with Crippen LogP contribution in [0, 0.1) is 0 Å². The van der Waals surface area contributed by atoms with Crippen molar-refractivity contribution in [3.05, 3.63) is 48.6 Å². The van der Waals surface area contributed by atoms with Gasteiger partial charge < -0.3 is 23.8 Å². The molecule has 2 unspecified atom stereocenters. The summed E-state index contributed by atoms with van der Waals surface area (Å²) in [7, 11) is 5.47. The minimum atomic E-state index is -0.891. The summed E-state index contributed by atoms with van der Waals surface area (Å²) in [5, 5.41) is 9.52. The number of hydrogen-bond donors (Lipinski definition) is 1. The summed E-state index contributed by atoms with van der Waals surface area (Å²) < 4.78 is 16.9. The fourth-order valence-corrected chi connectivity index (χ4v) is 4.19. The van der Waals surface area contributed by atoms with E-state index in [1.807, 2.05) is 27.2 Å². The number of esters is 2. The third kappa shape index (κ3) is 25.5. The highest BCUT2D eigenvalue weighted by atomic mass is 16.6. The molecule has 0 aromatic heterocycles. The highest BCUT2D eigenvalue weighted by molar-refractivity contribution is 5.72. The molecule has 1 N–H and O–H groups in total. The van der Waals surface area contributed by atoms with Crippen LogP contribution in [0.1, 0.15) is 104 Å². The van der Waals surface area contributed by atoms with Crippen LogP contribution in [0.15, 0.2) is 48.6 Å². The van der Waals surface area contributed by atoms with Gasteiger partial charge in [0, 0.05) is 19.3 Å². The first-order valence-corrected chi connectivity index (χ1v) is 16.2. The van der Waals surface area contributed by atoms with Crippen LogP contribution in [0.25, 0.3) is 0 Å². The number of unbranched alkanes of at least 4 members (excludes halogenated alkanes) is 5. The normalized spacial score (nSPS) is 13.8. The summed E-state index contributed by atoms with van der Waals surface area (Å²) >= 11 is 0. The maximum atomic E-state index is 12.5. The van der Waals surface area contributed by atoms with Gasteiger partial charge in [0.1, 0.15) is 6.61 Å². The standard InChI is InChI=1S/C35H59NO7/c1-6-8-10-12-14-16-17-18-20-21-23-25-33(37)42-30-31(29-41-28-27-32(35(39)40)36(3,4)5)43-34(38)26-24-22-19-15-13-11-9-7-2/h8,10,14,16,18-20,22,31-32H,6-7,9,11-13,15,17,21,23-30H2,1-5H3/p+1/b10-8+,16-14+,20-18+,22-19+. The lowest BCUT2D eigenvalue weighted by Crippen LogP contribution is -2.50. The van der Waals surface area contributed by atoms with Gasteiger partial charge >= 0.3 is 17.9 Å². The van der Waals surface area contributed by atoms with Gasteiger partial charge in [-0.25, -0.2) is 4.79 Å². The van der Waals surface area contributed by atoms with E-state index in [1.165, 1.54) is 19.3 Å². The Morgan fingerprint density at radius 1 is 0.721 bits per heavy atom. The lowest BCUT2D eigenvalue weighted by atomic mass is 10.1. The zero-order valence-electron chi connectivity index (χ0n) is 27.6. The molecule has 8 heteroatoms. The van der Waals surface area contributed by atoms with Crippen molar-refractivity contribution in [1.82, 2.24) is 0 Å². The molecule has 2 atom stereocenters. The van der Waals surface area contributed by atoms with Crippen LogP contribution in [0.3, 0.4) is 0 Å². The molecule has 8 nitrogen and oxygen atoms in total. The lowest BCUT2D eigenvalue weighted by molar-refractivity contribution is -0.887. The van der Waals surface area contributed by atoms with Gasteiger partial charge in [-0.15, -0.1) is 0 Å². The van der Waals surface area contributed by atoms with Crippen molar-refractivity contribution in [2.75, 3.05) is 41.0 Å². The van der Waals surface area contributed by atoms with E-state index in [2.05, 4.69) is 56.4 Å². The van der Waals surface area contributed by atoms with Crippen molar-refractivity contribution >= 4 is 17.9 Å². The number of ether oxygens (including phenoxy) is 3. The topological polar surface area (TPSA) is 99.1 Å². The molecule has 0 aliphatic heterocycles. The average molecular weight is 607 g/mol. The zero-order chi connectivity index (χ0) is 32.2. The van der Waals surface area contributed by atoms with Crippen molar-refractivity contribution in [3.8, 4) is 0 Å². The molecule has 246 valence electrons. The fraction of sp³-hybridized carbons (Fsp3) is 0.686.